The fourth-order valence-corrected chi connectivity index (χ4v) is 1.66. The van der Waals surface area contributed by atoms with Crippen LogP contribution in [0.3, 0.4) is 0 Å². The third kappa shape index (κ3) is 1.11. The number of rotatable bonds is 1. The largest absolute Gasteiger partial charge is 0.508 e. The van der Waals surface area contributed by atoms with Gasteiger partial charge in [-0.25, -0.2) is 4.79 Å². The van der Waals surface area contributed by atoms with Gasteiger partial charge in [0, 0.05) is 11.6 Å². The van der Waals surface area contributed by atoms with Gasteiger partial charge < -0.3 is 14.9 Å². The summed E-state index contributed by atoms with van der Waals surface area (Å²) in [5.41, 5.74) is 0.740. The number of esters is 1. The summed E-state index contributed by atoms with van der Waals surface area (Å²) >= 11 is 0. The number of benzene rings is 1. The van der Waals surface area contributed by atoms with E-state index in [-0.39, 0.29) is 23.2 Å². The van der Waals surface area contributed by atoms with Crippen LogP contribution in [0.25, 0.3) is 0 Å². The molecule has 0 saturated heterocycles. The summed E-state index contributed by atoms with van der Waals surface area (Å²) in [7, 11) is 0. The van der Waals surface area contributed by atoms with Crippen LogP contribution in [0.4, 0.5) is 0 Å². The molecule has 0 fully saturated rings. The number of carbonyl (C=O) groups excluding carboxylic acids is 1. The van der Waals surface area contributed by atoms with Crippen LogP contribution >= 0.6 is 0 Å². The lowest BCUT2D eigenvalue weighted by Crippen LogP contribution is -1.96. The van der Waals surface area contributed by atoms with Crippen LogP contribution in [-0.4, -0.2) is 16.2 Å². The van der Waals surface area contributed by atoms with E-state index in [0.29, 0.717) is 12.0 Å². The number of phenolic OH excluding ortho intramolecular Hbond substituents is 2. The minimum Gasteiger partial charge on any atom is -0.508 e. The molecule has 74 valence electrons. The Bertz CT molecular complexity index is 397. The van der Waals surface area contributed by atoms with E-state index in [2.05, 4.69) is 0 Å². The maximum atomic E-state index is 11.3. The lowest BCUT2D eigenvalue weighted by Gasteiger charge is -2.06. The second kappa shape index (κ2) is 2.90. The normalized spacial score (nSPS) is 19.2. The van der Waals surface area contributed by atoms with Crippen molar-refractivity contribution in [2.24, 2.45) is 0 Å². The molecular formula is C10H10O4. The lowest BCUT2D eigenvalue weighted by molar-refractivity contribution is 0.0377. The molecule has 0 amide bonds. The van der Waals surface area contributed by atoms with Crippen molar-refractivity contribution in [1.82, 2.24) is 0 Å². The number of phenols is 2. The molecule has 1 aliphatic rings. The van der Waals surface area contributed by atoms with Crippen LogP contribution < -0.4 is 0 Å². The van der Waals surface area contributed by atoms with Crippen LogP contribution in [0, 0.1) is 0 Å². The van der Waals surface area contributed by atoms with Crippen molar-refractivity contribution in [2.75, 3.05) is 0 Å². The highest BCUT2D eigenvalue weighted by atomic mass is 16.5. The lowest BCUT2D eigenvalue weighted by atomic mass is 10.0. The SMILES string of the molecule is CCC1OC(=O)c2c(O)cc(O)cc21. The molecule has 14 heavy (non-hydrogen) atoms. The van der Waals surface area contributed by atoms with Gasteiger partial charge in [0.1, 0.15) is 23.2 Å². The molecule has 0 aromatic heterocycles. The zero-order valence-electron chi connectivity index (χ0n) is 7.65. The molecular weight excluding hydrogens is 184 g/mol. The van der Waals surface area contributed by atoms with Gasteiger partial charge in [-0.15, -0.1) is 0 Å². The Kier molecular flexibility index (Phi) is 1.84. The molecule has 2 rings (SSSR count). The maximum absolute atomic E-state index is 11.3. The Morgan fingerprint density at radius 2 is 2.14 bits per heavy atom. The monoisotopic (exact) mass is 194 g/mol. The number of cyclic esters (lactones) is 1. The Hall–Kier alpha value is -1.71. The van der Waals surface area contributed by atoms with E-state index in [4.69, 9.17) is 4.74 Å². The summed E-state index contributed by atoms with van der Waals surface area (Å²) in [6, 6.07) is 2.59. The molecule has 1 unspecified atom stereocenters. The Labute approximate surface area is 80.7 Å². The second-order valence-electron chi connectivity index (χ2n) is 3.23. The number of fused-ring (bicyclic) bond motifs is 1. The first-order chi connectivity index (χ1) is 6.63. The smallest absolute Gasteiger partial charge is 0.342 e. The van der Waals surface area contributed by atoms with Gasteiger partial charge in [0.25, 0.3) is 0 Å². The molecule has 1 heterocycles. The van der Waals surface area contributed by atoms with Crippen molar-refractivity contribution in [3.63, 3.8) is 0 Å². The van der Waals surface area contributed by atoms with Gasteiger partial charge in [-0.05, 0) is 12.5 Å². The first-order valence-corrected chi connectivity index (χ1v) is 4.40. The minimum absolute atomic E-state index is 0.0574. The molecule has 1 aromatic carbocycles. The van der Waals surface area contributed by atoms with Crippen molar-refractivity contribution in [1.29, 1.82) is 0 Å². The first kappa shape index (κ1) is 8.87. The van der Waals surface area contributed by atoms with E-state index in [9.17, 15) is 15.0 Å². The predicted molar refractivity (Wildman–Crippen MR) is 48.2 cm³/mol. The first-order valence-electron chi connectivity index (χ1n) is 4.40. The predicted octanol–water partition coefficient (Wildman–Crippen LogP) is 1.72. The van der Waals surface area contributed by atoms with Crippen molar-refractivity contribution in [3.05, 3.63) is 23.3 Å². The third-order valence-corrected chi connectivity index (χ3v) is 2.30. The third-order valence-electron chi connectivity index (χ3n) is 2.30. The highest BCUT2D eigenvalue weighted by Crippen LogP contribution is 2.39. The van der Waals surface area contributed by atoms with Gasteiger partial charge in [-0.1, -0.05) is 6.92 Å². The Morgan fingerprint density at radius 1 is 1.43 bits per heavy atom. The summed E-state index contributed by atoms with van der Waals surface area (Å²) in [5.74, 6) is -0.802. The quantitative estimate of drug-likeness (QED) is 0.668. The van der Waals surface area contributed by atoms with Crippen LogP contribution in [0.2, 0.25) is 0 Å². The zero-order valence-corrected chi connectivity index (χ0v) is 7.65. The van der Waals surface area contributed by atoms with Gasteiger partial charge >= 0.3 is 5.97 Å². The van der Waals surface area contributed by atoms with Gasteiger partial charge in [0.05, 0.1) is 0 Å². The van der Waals surface area contributed by atoms with Crippen molar-refractivity contribution in [3.8, 4) is 11.5 Å². The van der Waals surface area contributed by atoms with Crippen molar-refractivity contribution in [2.45, 2.75) is 19.4 Å². The average molecular weight is 194 g/mol. The number of carbonyl (C=O) groups is 1. The van der Waals surface area contributed by atoms with Crippen molar-refractivity contribution >= 4 is 5.97 Å². The average Bonchev–Trinajstić information content (AvgIpc) is 2.42. The van der Waals surface area contributed by atoms with E-state index in [1.165, 1.54) is 6.07 Å². The van der Waals surface area contributed by atoms with Gasteiger partial charge in [-0.3, -0.25) is 0 Å². The molecule has 1 aromatic rings. The molecule has 1 atom stereocenters. The van der Waals surface area contributed by atoms with Crippen LogP contribution in [0.1, 0.15) is 35.4 Å². The van der Waals surface area contributed by atoms with Gasteiger partial charge in [0.15, 0.2) is 0 Å². The zero-order chi connectivity index (χ0) is 10.3. The van der Waals surface area contributed by atoms with Gasteiger partial charge in [-0.2, -0.15) is 0 Å². The number of hydrogen-bond donors (Lipinski definition) is 2. The topological polar surface area (TPSA) is 66.8 Å². The second-order valence-corrected chi connectivity index (χ2v) is 3.23. The van der Waals surface area contributed by atoms with Crippen LogP contribution in [0.15, 0.2) is 12.1 Å². The molecule has 0 aliphatic carbocycles. The maximum Gasteiger partial charge on any atom is 0.342 e. The molecule has 2 N–H and O–H groups in total. The van der Waals surface area contributed by atoms with Crippen LogP contribution in [0.5, 0.6) is 11.5 Å². The number of aromatic hydroxyl groups is 2. The van der Waals surface area contributed by atoms with Crippen LogP contribution in [-0.2, 0) is 4.74 Å². The molecule has 0 spiro atoms. The summed E-state index contributed by atoms with van der Waals surface area (Å²) in [6.07, 6.45) is 0.275. The van der Waals surface area contributed by atoms with E-state index in [1.807, 2.05) is 6.92 Å². The fraction of sp³-hybridized carbons (Fsp3) is 0.300. The highest BCUT2D eigenvalue weighted by Gasteiger charge is 2.33. The summed E-state index contributed by atoms with van der Waals surface area (Å²) in [4.78, 5) is 11.3. The minimum atomic E-state index is -0.524. The molecule has 4 nitrogen and oxygen atoms in total. The Balaban J connectivity index is 2.62. The summed E-state index contributed by atoms with van der Waals surface area (Å²) in [5, 5.41) is 18.7. The van der Waals surface area contributed by atoms with Crippen molar-refractivity contribution < 1.29 is 19.7 Å². The van der Waals surface area contributed by atoms with E-state index in [1.54, 1.807) is 0 Å². The van der Waals surface area contributed by atoms with Gasteiger partial charge in [0.2, 0.25) is 0 Å². The molecule has 0 saturated carbocycles. The fourth-order valence-electron chi connectivity index (χ4n) is 1.66. The van der Waals surface area contributed by atoms with E-state index in [0.717, 1.165) is 6.07 Å². The summed E-state index contributed by atoms with van der Waals surface area (Å²) < 4.78 is 5.01. The summed E-state index contributed by atoms with van der Waals surface area (Å²) in [6.45, 7) is 1.87. The number of ether oxygens (including phenoxy) is 1. The molecule has 4 heteroatoms. The molecule has 1 aliphatic heterocycles. The van der Waals surface area contributed by atoms with E-state index < -0.39 is 5.97 Å². The molecule has 0 bridgehead atoms. The van der Waals surface area contributed by atoms with E-state index >= 15 is 0 Å². The highest BCUT2D eigenvalue weighted by molar-refractivity contribution is 5.97. The standard InChI is InChI=1S/C10H10O4/c1-2-8-6-3-5(11)4-7(12)9(6)10(13)14-8/h3-4,8,11-12H,2H2,1H3. The number of hydrogen-bond acceptors (Lipinski definition) is 4. The molecule has 0 radical (unpaired) electrons. The Morgan fingerprint density at radius 3 is 2.79 bits per heavy atom.